The molecule has 2 amide bonds. The van der Waals surface area contributed by atoms with Crippen molar-refractivity contribution in [2.75, 3.05) is 13.1 Å². The van der Waals surface area contributed by atoms with Crippen molar-refractivity contribution in [2.24, 2.45) is 0 Å². The Kier molecular flexibility index (Phi) is 5.63. The molecule has 2 aromatic carbocycles. The first kappa shape index (κ1) is 21.3. The molecule has 3 heterocycles. The number of halogens is 1. The Balaban J connectivity index is 1.28. The minimum absolute atomic E-state index is 0.0449. The highest BCUT2D eigenvalue weighted by Crippen LogP contribution is 2.27. The van der Waals surface area contributed by atoms with Gasteiger partial charge in [0.05, 0.1) is 11.6 Å². The fraction of sp³-hybridized carbons (Fsp3) is 0.333. The molecule has 0 radical (unpaired) electrons. The van der Waals surface area contributed by atoms with E-state index in [-0.39, 0.29) is 41.4 Å². The molecular formula is C24H24FN5O3. The zero-order valence-electron chi connectivity index (χ0n) is 18.1. The van der Waals surface area contributed by atoms with Gasteiger partial charge in [-0.2, -0.15) is 0 Å². The molecule has 3 atom stereocenters. The SMILES string of the molecule is Cc1ccccc1C(=O)N[C@H]1C[C@H]2C(=O)NC[C@@H](Cc3nnc(-c4ccccc4F)o3)N2C1. The molecule has 9 heteroatoms. The third-order valence-corrected chi connectivity index (χ3v) is 6.33. The molecule has 2 aliphatic heterocycles. The number of nitrogens with one attached hydrogen (secondary N) is 2. The van der Waals surface area contributed by atoms with Crippen molar-refractivity contribution in [1.29, 1.82) is 0 Å². The number of aryl methyl sites for hydroxylation is 1. The Hall–Kier alpha value is -3.59. The van der Waals surface area contributed by atoms with E-state index in [0.717, 1.165) is 5.56 Å². The van der Waals surface area contributed by atoms with Crippen LogP contribution in [0, 0.1) is 12.7 Å². The number of hydrogen-bond donors (Lipinski definition) is 2. The number of nitrogens with zero attached hydrogens (tertiary/aromatic N) is 3. The van der Waals surface area contributed by atoms with E-state index in [9.17, 15) is 14.0 Å². The van der Waals surface area contributed by atoms with Crippen molar-refractivity contribution in [3.05, 3.63) is 71.4 Å². The van der Waals surface area contributed by atoms with Crippen LogP contribution < -0.4 is 10.6 Å². The largest absolute Gasteiger partial charge is 0.421 e. The van der Waals surface area contributed by atoms with Gasteiger partial charge in [-0.05, 0) is 37.1 Å². The first-order valence-corrected chi connectivity index (χ1v) is 11.0. The molecule has 3 aromatic rings. The van der Waals surface area contributed by atoms with Gasteiger partial charge < -0.3 is 15.1 Å². The molecule has 5 rings (SSSR count). The van der Waals surface area contributed by atoms with Gasteiger partial charge in [0.2, 0.25) is 11.8 Å². The van der Waals surface area contributed by atoms with Crippen LogP contribution >= 0.6 is 0 Å². The summed E-state index contributed by atoms with van der Waals surface area (Å²) in [6.45, 7) is 2.89. The number of hydrogen-bond acceptors (Lipinski definition) is 6. The fourth-order valence-electron chi connectivity index (χ4n) is 4.64. The number of rotatable bonds is 5. The van der Waals surface area contributed by atoms with E-state index in [2.05, 4.69) is 25.7 Å². The Morgan fingerprint density at radius 2 is 2.00 bits per heavy atom. The van der Waals surface area contributed by atoms with Gasteiger partial charge in [-0.3, -0.25) is 14.5 Å². The average molecular weight is 449 g/mol. The average Bonchev–Trinajstić information content (AvgIpc) is 3.44. The standard InChI is InChI=1S/C24H24FN5O3/c1-14-6-2-3-7-17(14)22(31)27-15-10-20-23(32)26-12-16(30(20)13-15)11-21-28-29-24(33-21)18-8-4-5-9-19(18)25/h2-9,15-16,20H,10-13H2,1H3,(H,26,32)(H,27,31)/t15-,16+,20-/m0/s1. The van der Waals surface area contributed by atoms with Crippen LogP contribution in [0.1, 0.15) is 28.2 Å². The lowest BCUT2D eigenvalue weighted by Crippen LogP contribution is -2.58. The van der Waals surface area contributed by atoms with Crippen molar-refractivity contribution >= 4 is 11.8 Å². The van der Waals surface area contributed by atoms with Crippen LogP contribution in [-0.2, 0) is 11.2 Å². The number of amides is 2. The third-order valence-electron chi connectivity index (χ3n) is 6.33. The molecular weight excluding hydrogens is 425 g/mol. The first-order chi connectivity index (χ1) is 16.0. The fourth-order valence-corrected chi connectivity index (χ4v) is 4.64. The lowest BCUT2D eigenvalue weighted by atomic mass is 10.0. The summed E-state index contributed by atoms with van der Waals surface area (Å²) in [6, 6.07) is 13.1. The van der Waals surface area contributed by atoms with E-state index >= 15 is 0 Å². The Morgan fingerprint density at radius 3 is 2.82 bits per heavy atom. The monoisotopic (exact) mass is 449 g/mol. The molecule has 0 bridgehead atoms. The number of carbonyl (C=O) groups excluding carboxylic acids is 2. The zero-order chi connectivity index (χ0) is 22.9. The molecule has 2 aliphatic rings. The van der Waals surface area contributed by atoms with Crippen LogP contribution in [0.25, 0.3) is 11.5 Å². The molecule has 2 saturated heterocycles. The molecule has 0 spiro atoms. The zero-order valence-corrected chi connectivity index (χ0v) is 18.1. The normalized spacial score (nSPS) is 22.6. The van der Waals surface area contributed by atoms with Crippen molar-refractivity contribution < 1.29 is 18.4 Å². The van der Waals surface area contributed by atoms with Crippen molar-refractivity contribution in [3.63, 3.8) is 0 Å². The molecule has 33 heavy (non-hydrogen) atoms. The topological polar surface area (TPSA) is 100 Å². The van der Waals surface area contributed by atoms with Crippen LogP contribution in [0.4, 0.5) is 4.39 Å². The highest BCUT2D eigenvalue weighted by Gasteiger charge is 2.44. The number of aromatic nitrogens is 2. The summed E-state index contributed by atoms with van der Waals surface area (Å²) in [5.74, 6) is -0.105. The van der Waals surface area contributed by atoms with Gasteiger partial charge in [-0.1, -0.05) is 30.3 Å². The van der Waals surface area contributed by atoms with Crippen molar-refractivity contribution in [2.45, 2.75) is 37.9 Å². The van der Waals surface area contributed by atoms with Gasteiger partial charge in [0.1, 0.15) is 5.82 Å². The maximum atomic E-state index is 14.0. The predicted molar refractivity (Wildman–Crippen MR) is 118 cm³/mol. The van der Waals surface area contributed by atoms with Crippen molar-refractivity contribution in [3.8, 4) is 11.5 Å². The van der Waals surface area contributed by atoms with Crippen LogP contribution in [0.5, 0.6) is 0 Å². The molecule has 1 aromatic heterocycles. The summed E-state index contributed by atoms with van der Waals surface area (Å²) >= 11 is 0. The van der Waals surface area contributed by atoms with Gasteiger partial charge in [0, 0.05) is 37.2 Å². The quantitative estimate of drug-likeness (QED) is 0.619. The lowest BCUT2D eigenvalue weighted by Gasteiger charge is -2.36. The van der Waals surface area contributed by atoms with Crippen LogP contribution in [0.2, 0.25) is 0 Å². The summed E-state index contributed by atoms with van der Waals surface area (Å²) < 4.78 is 19.8. The Labute approximate surface area is 190 Å². The van der Waals surface area contributed by atoms with Gasteiger partial charge in [0.15, 0.2) is 0 Å². The second-order valence-electron chi connectivity index (χ2n) is 8.52. The highest BCUT2D eigenvalue weighted by atomic mass is 19.1. The minimum Gasteiger partial charge on any atom is -0.421 e. The molecule has 2 N–H and O–H groups in total. The van der Waals surface area contributed by atoms with E-state index in [4.69, 9.17) is 4.42 Å². The Bertz CT molecular complexity index is 1200. The summed E-state index contributed by atoms with van der Waals surface area (Å²) in [4.78, 5) is 27.3. The number of fused-ring (bicyclic) bond motifs is 1. The highest BCUT2D eigenvalue weighted by molar-refractivity contribution is 5.96. The first-order valence-electron chi connectivity index (χ1n) is 11.0. The lowest BCUT2D eigenvalue weighted by molar-refractivity contribution is -0.129. The maximum absolute atomic E-state index is 14.0. The number of benzene rings is 2. The molecule has 2 fully saturated rings. The third kappa shape index (κ3) is 4.23. The van der Waals surface area contributed by atoms with Gasteiger partial charge in [-0.15, -0.1) is 10.2 Å². The van der Waals surface area contributed by atoms with E-state index in [1.165, 1.54) is 6.07 Å². The summed E-state index contributed by atoms with van der Waals surface area (Å²) in [5, 5.41) is 14.1. The summed E-state index contributed by atoms with van der Waals surface area (Å²) in [5.41, 5.74) is 1.80. The molecule has 170 valence electrons. The van der Waals surface area contributed by atoms with Gasteiger partial charge in [0.25, 0.3) is 11.8 Å². The molecule has 0 unspecified atom stereocenters. The minimum atomic E-state index is -0.426. The smallest absolute Gasteiger partial charge is 0.251 e. The van der Waals surface area contributed by atoms with Gasteiger partial charge >= 0.3 is 0 Å². The second-order valence-corrected chi connectivity index (χ2v) is 8.52. The number of carbonyl (C=O) groups is 2. The van der Waals surface area contributed by atoms with Crippen LogP contribution in [-0.4, -0.2) is 58.1 Å². The molecule has 8 nitrogen and oxygen atoms in total. The summed E-state index contributed by atoms with van der Waals surface area (Å²) in [7, 11) is 0. The van der Waals surface area contributed by atoms with E-state index in [1.807, 2.05) is 25.1 Å². The molecule has 0 aliphatic carbocycles. The maximum Gasteiger partial charge on any atom is 0.251 e. The predicted octanol–water partition coefficient (Wildman–Crippen LogP) is 2.10. The van der Waals surface area contributed by atoms with Crippen LogP contribution in [0.15, 0.2) is 52.9 Å². The Morgan fingerprint density at radius 1 is 1.21 bits per heavy atom. The van der Waals surface area contributed by atoms with Crippen molar-refractivity contribution in [1.82, 2.24) is 25.7 Å². The molecule has 0 saturated carbocycles. The number of piperazine rings is 1. The summed E-state index contributed by atoms with van der Waals surface area (Å²) in [6.07, 6.45) is 0.945. The van der Waals surface area contributed by atoms with Crippen LogP contribution in [0.3, 0.4) is 0 Å². The van der Waals surface area contributed by atoms with E-state index < -0.39 is 5.82 Å². The van der Waals surface area contributed by atoms with Gasteiger partial charge in [-0.25, -0.2) is 4.39 Å². The van der Waals surface area contributed by atoms with E-state index in [1.54, 1.807) is 24.3 Å². The van der Waals surface area contributed by atoms with E-state index in [0.29, 0.717) is 37.4 Å². The second kappa shape index (κ2) is 8.74.